The second kappa shape index (κ2) is 21.5. The van der Waals surface area contributed by atoms with Gasteiger partial charge in [0.15, 0.2) is 17.0 Å². The number of anilines is 1. The molecule has 0 aliphatic carbocycles. The van der Waals surface area contributed by atoms with Crippen molar-refractivity contribution >= 4 is 50.8 Å². The second-order valence-corrected chi connectivity index (χ2v) is 21.0. The molecular formula is C61H49Cl2F3N14O3. The van der Waals surface area contributed by atoms with Crippen molar-refractivity contribution in [3.05, 3.63) is 255 Å². The van der Waals surface area contributed by atoms with Crippen molar-refractivity contribution in [1.82, 2.24) is 63.6 Å². The zero-order valence-corrected chi connectivity index (χ0v) is 46.3. The summed E-state index contributed by atoms with van der Waals surface area (Å²) in [6.07, 6.45) is 13.6. The van der Waals surface area contributed by atoms with Gasteiger partial charge in [0.05, 0.1) is 75.1 Å². The molecule has 0 spiro atoms. The maximum atomic E-state index is 13.6. The SMILES string of the molecule is CN(C)c1nc2ccc(C(O)(c3ccc(C(F)(F)F)nc3)c3cncn3C)cc2c(Cl)c1Cc1ccc(-n2cc(COc3nc4ccc(C(O)(c5ncccn5)c5cncn5C)cc4c(Cl)c3Cc3ccc(-n4cccn4)cc3)cn2)cc1. The lowest BCUT2D eigenvalue weighted by atomic mass is 9.83. The van der Waals surface area contributed by atoms with Crippen LogP contribution in [0.1, 0.15) is 67.4 Å². The molecule has 2 unspecified atom stereocenters. The average Bonchev–Trinajstić information content (AvgIpc) is 3.77. The Kier molecular flexibility index (Phi) is 14.1. The summed E-state index contributed by atoms with van der Waals surface area (Å²) in [5.74, 6) is 1.12. The van der Waals surface area contributed by atoms with E-state index in [4.69, 9.17) is 37.9 Å². The van der Waals surface area contributed by atoms with Gasteiger partial charge >= 0.3 is 6.18 Å². The zero-order valence-electron chi connectivity index (χ0n) is 44.8. The Hall–Kier alpha value is -9.34. The van der Waals surface area contributed by atoms with Crippen LogP contribution in [0, 0.1) is 0 Å². The Morgan fingerprint density at radius 1 is 0.590 bits per heavy atom. The van der Waals surface area contributed by atoms with E-state index in [-0.39, 0.29) is 18.0 Å². The molecule has 0 saturated heterocycles. The average molecular weight is 1150 g/mol. The molecule has 17 nitrogen and oxygen atoms in total. The first kappa shape index (κ1) is 54.3. The smallest absolute Gasteiger partial charge is 0.433 e. The van der Waals surface area contributed by atoms with Crippen LogP contribution in [0.5, 0.6) is 5.88 Å². The molecule has 22 heteroatoms. The van der Waals surface area contributed by atoms with E-state index >= 15 is 0 Å². The van der Waals surface area contributed by atoms with E-state index in [0.29, 0.717) is 90.0 Å². The van der Waals surface area contributed by atoms with Gasteiger partial charge < -0.3 is 29.0 Å². The number of hydrogen-bond donors (Lipinski definition) is 2. The molecule has 4 aromatic carbocycles. The Bertz CT molecular complexity index is 4330. The number of benzene rings is 4. The van der Waals surface area contributed by atoms with Gasteiger partial charge in [-0.2, -0.15) is 23.4 Å². The number of aliphatic hydroxyl groups is 2. The summed E-state index contributed by atoms with van der Waals surface area (Å²) in [5.41, 5.74) is 3.50. The Labute approximate surface area is 482 Å². The monoisotopic (exact) mass is 1150 g/mol. The van der Waals surface area contributed by atoms with Crippen LogP contribution in [0.4, 0.5) is 19.0 Å². The van der Waals surface area contributed by atoms with E-state index in [9.17, 15) is 23.4 Å². The molecule has 2 atom stereocenters. The number of hydrogen-bond acceptors (Lipinski definition) is 13. The summed E-state index contributed by atoms with van der Waals surface area (Å²) in [6, 6.07) is 31.9. The van der Waals surface area contributed by atoms with Crippen LogP contribution in [0.25, 0.3) is 33.2 Å². The van der Waals surface area contributed by atoms with Crippen molar-refractivity contribution in [3.8, 4) is 17.3 Å². The van der Waals surface area contributed by atoms with Gasteiger partial charge in [0, 0.05) is 111 Å². The highest BCUT2D eigenvalue weighted by molar-refractivity contribution is 6.37. The zero-order chi connectivity index (χ0) is 57.8. The largest absolute Gasteiger partial charge is 0.472 e. The van der Waals surface area contributed by atoms with E-state index < -0.39 is 23.1 Å². The number of alkyl halides is 3. The van der Waals surface area contributed by atoms with Crippen LogP contribution in [0.3, 0.4) is 0 Å². The molecule has 0 aliphatic heterocycles. The lowest BCUT2D eigenvalue weighted by Crippen LogP contribution is -2.33. The van der Waals surface area contributed by atoms with Gasteiger partial charge in [-0.25, -0.2) is 39.3 Å². The number of ether oxygens (including phenoxy) is 1. The van der Waals surface area contributed by atoms with Crippen molar-refractivity contribution in [3.63, 3.8) is 0 Å². The van der Waals surface area contributed by atoms with Crippen LogP contribution >= 0.6 is 23.2 Å². The van der Waals surface area contributed by atoms with Crippen molar-refractivity contribution in [2.45, 2.75) is 36.8 Å². The van der Waals surface area contributed by atoms with Gasteiger partial charge in [0.2, 0.25) is 5.88 Å². The quantitative estimate of drug-likeness (QED) is 0.0931. The fourth-order valence-corrected chi connectivity index (χ4v) is 11.0. The molecule has 0 aliphatic rings. The Morgan fingerprint density at radius 3 is 1.73 bits per heavy atom. The van der Waals surface area contributed by atoms with Crippen molar-refractivity contribution in [1.29, 1.82) is 0 Å². The van der Waals surface area contributed by atoms with E-state index in [1.165, 1.54) is 18.6 Å². The lowest BCUT2D eigenvalue weighted by molar-refractivity contribution is -0.141. The topological polar surface area (TPSA) is 189 Å². The first-order valence-electron chi connectivity index (χ1n) is 25.9. The number of imidazole rings is 2. The molecular weight excluding hydrogens is 1100 g/mol. The molecule has 0 bridgehead atoms. The summed E-state index contributed by atoms with van der Waals surface area (Å²) >= 11 is 14.8. The van der Waals surface area contributed by atoms with Gasteiger partial charge in [-0.15, -0.1) is 0 Å². The van der Waals surface area contributed by atoms with Crippen LogP contribution in [-0.4, -0.2) is 87.9 Å². The number of rotatable bonds is 16. The summed E-state index contributed by atoms with van der Waals surface area (Å²) < 4.78 is 54.2. The Morgan fingerprint density at radius 2 is 1.17 bits per heavy atom. The molecule has 416 valence electrons. The molecule has 12 aromatic rings. The molecule has 8 heterocycles. The highest BCUT2D eigenvalue weighted by Crippen LogP contribution is 2.43. The highest BCUT2D eigenvalue weighted by atomic mass is 35.5. The number of halogens is 5. The van der Waals surface area contributed by atoms with Crippen LogP contribution in [-0.2, 0) is 50.9 Å². The van der Waals surface area contributed by atoms with E-state index in [1.54, 1.807) is 106 Å². The maximum absolute atomic E-state index is 13.6. The molecule has 2 N–H and O–H groups in total. The molecule has 8 aromatic heterocycles. The van der Waals surface area contributed by atoms with Gasteiger partial charge in [-0.05, 0) is 89.0 Å². The van der Waals surface area contributed by atoms with Crippen LogP contribution in [0.15, 0.2) is 178 Å². The second-order valence-electron chi connectivity index (χ2n) is 20.2. The minimum absolute atomic E-state index is 0.102. The minimum Gasteiger partial charge on any atom is -0.472 e. The third-order valence-corrected chi connectivity index (χ3v) is 15.5. The molecule has 12 rings (SSSR count). The molecule has 0 amide bonds. The summed E-state index contributed by atoms with van der Waals surface area (Å²) in [4.78, 5) is 33.0. The fraction of sp³-hybridized carbons (Fsp3) is 0.164. The molecule has 0 fully saturated rings. The number of pyridine rings is 3. The Balaban J connectivity index is 0.825. The lowest BCUT2D eigenvalue weighted by Gasteiger charge is -2.30. The van der Waals surface area contributed by atoms with Gasteiger partial charge in [-0.1, -0.05) is 65.7 Å². The van der Waals surface area contributed by atoms with Gasteiger partial charge in [0.1, 0.15) is 18.1 Å². The number of aromatic nitrogens is 13. The predicted molar refractivity (Wildman–Crippen MR) is 307 cm³/mol. The number of nitrogens with zero attached hydrogens (tertiary/aromatic N) is 14. The van der Waals surface area contributed by atoms with Crippen molar-refractivity contribution in [2.75, 3.05) is 19.0 Å². The molecule has 0 saturated carbocycles. The third-order valence-electron chi connectivity index (χ3n) is 14.6. The normalized spacial score (nSPS) is 13.3. The summed E-state index contributed by atoms with van der Waals surface area (Å²) in [7, 11) is 7.23. The van der Waals surface area contributed by atoms with Crippen molar-refractivity contribution in [2.24, 2.45) is 14.1 Å². The number of fused-ring (bicyclic) bond motifs is 2. The standard InChI is InChI=1S/C61H49Cl2F3N14O3/c1-76(2)56-47(54(62)45-27-40(11-18-49(45)74-56)59(81,52-31-67-35-77(52)3)42-13-20-51(71-30-42)61(64,65)66)25-37-9-16-44(17-10-37)80-33-39(29-73-80)34-83-57-48(26-38-7-14-43(15-8-38)79-24-6-23-72-79)55(63)46-28-41(12-19-50(46)75-57)60(82,53-32-68-36-78(53)4)58-69-21-5-22-70-58/h5-24,27-33,35-36,81-82H,25-26,34H2,1-4H3. The third kappa shape index (κ3) is 10.1. The van der Waals surface area contributed by atoms with Gasteiger partial charge in [0.25, 0.3) is 0 Å². The summed E-state index contributed by atoms with van der Waals surface area (Å²) in [6.45, 7) is 0.102. The molecule has 0 radical (unpaired) electrons. The number of aryl methyl sites for hydroxylation is 2. The van der Waals surface area contributed by atoms with E-state index in [1.807, 2.05) is 92.1 Å². The molecule has 83 heavy (non-hydrogen) atoms. The first-order chi connectivity index (χ1) is 40.0. The van der Waals surface area contributed by atoms with Crippen molar-refractivity contribution < 1.29 is 28.1 Å². The highest BCUT2D eigenvalue weighted by Gasteiger charge is 2.41. The van der Waals surface area contributed by atoms with Crippen LogP contribution < -0.4 is 9.64 Å². The van der Waals surface area contributed by atoms with Crippen LogP contribution in [0.2, 0.25) is 10.0 Å². The van der Waals surface area contributed by atoms with E-state index in [2.05, 4.69) is 35.1 Å². The van der Waals surface area contributed by atoms with Gasteiger partial charge in [-0.3, -0.25) is 4.98 Å². The summed E-state index contributed by atoms with van der Waals surface area (Å²) in [5, 5.41) is 36.2. The maximum Gasteiger partial charge on any atom is 0.433 e. The predicted octanol–water partition coefficient (Wildman–Crippen LogP) is 10.5. The first-order valence-corrected chi connectivity index (χ1v) is 26.7. The minimum atomic E-state index is -4.67. The van der Waals surface area contributed by atoms with E-state index in [0.717, 1.165) is 40.3 Å². The fourth-order valence-electron chi connectivity index (χ4n) is 10.4.